The molecule has 0 saturated carbocycles. The quantitative estimate of drug-likeness (QED) is 0.394. The van der Waals surface area contributed by atoms with Crippen LogP contribution in [0.1, 0.15) is 0 Å². The first-order valence-corrected chi connectivity index (χ1v) is 3.53. The van der Waals surface area contributed by atoms with E-state index in [2.05, 4.69) is 16.0 Å². The summed E-state index contributed by atoms with van der Waals surface area (Å²) < 4.78 is 0. The van der Waals surface area contributed by atoms with Crippen LogP contribution >= 0.6 is 0 Å². The van der Waals surface area contributed by atoms with Crippen LogP contribution in [0.5, 0.6) is 0 Å². The zero-order valence-electron chi connectivity index (χ0n) is 6.97. The number of nitrogens with zero attached hydrogens (tertiary/aromatic N) is 3. The van der Waals surface area contributed by atoms with Crippen molar-refractivity contribution in [3.63, 3.8) is 0 Å². The molecule has 66 valence electrons. The molecular formula is C8H7N3O2. The molecule has 0 aliphatic carbocycles. The van der Waals surface area contributed by atoms with Crippen molar-refractivity contribution < 1.29 is 4.92 Å². The van der Waals surface area contributed by atoms with Gasteiger partial charge >= 0.3 is 0 Å². The molecule has 0 unspecified atom stereocenters. The summed E-state index contributed by atoms with van der Waals surface area (Å²) in [4.78, 5) is 17.1. The minimum absolute atomic E-state index is 0.0485. The SMILES string of the molecule is CN=C=Nc1ccc([N+](=O)[O-])cc1. The molecule has 0 aliphatic heterocycles. The minimum atomic E-state index is -0.457. The monoisotopic (exact) mass is 177 g/mol. The molecule has 0 fully saturated rings. The molecule has 0 bridgehead atoms. The third-order valence-electron chi connectivity index (χ3n) is 1.34. The van der Waals surface area contributed by atoms with Crippen molar-refractivity contribution in [3.05, 3.63) is 34.4 Å². The van der Waals surface area contributed by atoms with Gasteiger partial charge in [-0.1, -0.05) is 0 Å². The lowest BCUT2D eigenvalue weighted by Crippen LogP contribution is -1.85. The standard InChI is InChI=1S/C8H7N3O2/c1-9-6-10-7-2-4-8(5-3-7)11(12)13/h2-5H,1H3. The number of non-ortho nitro benzene ring substituents is 1. The first-order chi connectivity index (χ1) is 6.24. The molecule has 1 rings (SSSR count). The molecule has 0 amide bonds. The van der Waals surface area contributed by atoms with Crippen LogP contribution in [-0.4, -0.2) is 18.0 Å². The van der Waals surface area contributed by atoms with Gasteiger partial charge in [0, 0.05) is 19.2 Å². The first kappa shape index (κ1) is 9.09. The summed E-state index contributed by atoms with van der Waals surface area (Å²) in [6.07, 6.45) is 0. The van der Waals surface area contributed by atoms with Gasteiger partial charge < -0.3 is 0 Å². The van der Waals surface area contributed by atoms with Crippen molar-refractivity contribution in [1.29, 1.82) is 0 Å². The summed E-state index contributed by atoms with van der Waals surface area (Å²) in [5, 5.41) is 10.3. The topological polar surface area (TPSA) is 67.9 Å². The Kier molecular flexibility index (Phi) is 2.89. The normalized spacial score (nSPS) is 8.69. The van der Waals surface area contributed by atoms with Gasteiger partial charge in [0.15, 0.2) is 0 Å². The predicted molar refractivity (Wildman–Crippen MR) is 48.5 cm³/mol. The molecule has 0 aromatic heterocycles. The van der Waals surface area contributed by atoms with E-state index in [1.54, 1.807) is 7.05 Å². The molecule has 0 atom stereocenters. The van der Waals surface area contributed by atoms with Crippen LogP contribution in [0.4, 0.5) is 11.4 Å². The maximum absolute atomic E-state index is 10.3. The van der Waals surface area contributed by atoms with Crippen molar-refractivity contribution in [3.8, 4) is 0 Å². The van der Waals surface area contributed by atoms with E-state index in [9.17, 15) is 10.1 Å². The Bertz CT molecular complexity index is 363. The number of hydrogen-bond donors (Lipinski definition) is 0. The van der Waals surface area contributed by atoms with Crippen LogP contribution in [-0.2, 0) is 0 Å². The maximum Gasteiger partial charge on any atom is 0.269 e. The molecular weight excluding hydrogens is 170 g/mol. The van der Waals surface area contributed by atoms with Gasteiger partial charge in [0.1, 0.15) is 0 Å². The van der Waals surface area contributed by atoms with Gasteiger partial charge in [-0.25, -0.2) is 4.99 Å². The molecule has 13 heavy (non-hydrogen) atoms. The lowest BCUT2D eigenvalue weighted by molar-refractivity contribution is -0.384. The van der Waals surface area contributed by atoms with E-state index in [1.165, 1.54) is 24.3 Å². The Morgan fingerprint density at radius 3 is 2.46 bits per heavy atom. The summed E-state index contributed by atoms with van der Waals surface area (Å²) in [5.41, 5.74) is 0.642. The highest BCUT2D eigenvalue weighted by Crippen LogP contribution is 2.16. The Morgan fingerprint density at radius 2 is 2.00 bits per heavy atom. The zero-order chi connectivity index (χ0) is 9.68. The van der Waals surface area contributed by atoms with Crippen LogP contribution in [0, 0.1) is 10.1 Å². The predicted octanol–water partition coefficient (Wildman–Crippen LogP) is 2.03. The van der Waals surface area contributed by atoms with Gasteiger partial charge in [-0.2, -0.15) is 4.99 Å². The summed E-state index contributed by atoms with van der Waals surface area (Å²) in [6, 6.07) is 8.24. The van der Waals surface area contributed by atoms with Crippen molar-refractivity contribution in [2.24, 2.45) is 9.98 Å². The van der Waals surface area contributed by atoms with Gasteiger partial charge in [0.05, 0.1) is 16.6 Å². The van der Waals surface area contributed by atoms with Crippen molar-refractivity contribution in [2.45, 2.75) is 0 Å². The van der Waals surface area contributed by atoms with Crippen molar-refractivity contribution >= 4 is 17.4 Å². The molecule has 1 aromatic rings. The van der Waals surface area contributed by atoms with Crippen molar-refractivity contribution in [1.82, 2.24) is 0 Å². The fraction of sp³-hybridized carbons (Fsp3) is 0.125. The summed E-state index contributed by atoms with van der Waals surface area (Å²) in [7, 11) is 1.55. The molecule has 5 nitrogen and oxygen atoms in total. The van der Waals surface area contributed by atoms with Crippen LogP contribution in [0.15, 0.2) is 34.3 Å². The second-order valence-electron chi connectivity index (χ2n) is 2.21. The number of rotatable bonds is 2. The molecule has 0 radical (unpaired) electrons. The van der Waals surface area contributed by atoms with E-state index in [-0.39, 0.29) is 5.69 Å². The summed E-state index contributed by atoms with van der Waals surface area (Å²) in [5.74, 6) is 0. The van der Waals surface area contributed by atoms with Crippen LogP contribution in [0.2, 0.25) is 0 Å². The maximum atomic E-state index is 10.3. The molecule has 0 aliphatic rings. The average Bonchev–Trinajstić information content (AvgIpc) is 2.15. The largest absolute Gasteiger partial charge is 0.269 e. The van der Waals surface area contributed by atoms with Crippen LogP contribution in [0.25, 0.3) is 0 Å². The molecule has 0 spiro atoms. The highest BCUT2D eigenvalue weighted by atomic mass is 16.6. The van der Waals surface area contributed by atoms with E-state index >= 15 is 0 Å². The number of nitro groups is 1. The summed E-state index contributed by atoms with van der Waals surface area (Å²) in [6.45, 7) is 0. The molecule has 1 aromatic carbocycles. The van der Waals surface area contributed by atoms with Gasteiger partial charge in [-0.3, -0.25) is 10.1 Å². The van der Waals surface area contributed by atoms with E-state index < -0.39 is 4.92 Å². The smallest absolute Gasteiger partial charge is 0.258 e. The number of nitro benzene ring substituents is 1. The van der Waals surface area contributed by atoms with E-state index in [0.717, 1.165) is 0 Å². The Balaban J connectivity index is 2.94. The third-order valence-corrected chi connectivity index (χ3v) is 1.34. The van der Waals surface area contributed by atoms with Gasteiger partial charge in [0.25, 0.3) is 5.69 Å². The third kappa shape index (κ3) is 2.50. The molecule has 5 heteroatoms. The highest BCUT2D eigenvalue weighted by molar-refractivity contribution is 5.53. The van der Waals surface area contributed by atoms with Crippen LogP contribution < -0.4 is 0 Å². The fourth-order valence-corrected chi connectivity index (χ4v) is 0.757. The Labute approximate surface area is 74.6 Å². The fourth-order valence-electron chi connectivity index (χ4n) is 0.757. The van der Waals surface area contributed by atoms with Gasteiger partial charge in [-0.15, -0.1) is 0 Å². The average molecular weight is 177 g/mol. The molecule has 0 heterocycles. The molecule has 0 N–H and O–H groups in total. The molecule has 0 saturated heterocycles. The number of hydrogen-bond acceptors (Lipinski definition) is 4. The lowest BCUT2D eigenvalue weighted by atomic mass is 10.3. The second-order valence-corrected chi connectivity index (χ2v) is 2.21. The highest BCUT2D eigenvalue weighted by Gasteiger charge is 2.02. The summed E-state index contributed by atoms with van der Waals surface area (Å²) >= 11 is 0. The van der Waals surface area contributed by atoms with E-state index in [1.807, 2.05) is 0 Å². The zero-order valence-corrected chi connectivity index (χ0v) is 6.97. The second kappa shape index (κ2) is 4.13. The van der Waals surface area contributed by atoms with Crippen molar-refractivity contribution in [2.75, 3.05) is 7.05 Å². The number of aliphatic imine (C=N–C) groups is 2. The van der Waals surface area contributed by atoms with E-state index in [4.69, 9.17) is 0 Å². The van der Waals surface area contributed by atoms with E-state index in [0.29, 0.717) is 5.69 Å². The number of benzene rings is 1. The minimum Gasteiger partial charge on any atom is -0.258 e. The van der Waals surface area contributed by atoms with Gasteiger partial charge in [-0.05, 0) is 12.1 Å². The first-order valence-electron chi connectivity index (χ1n) is 3.53. The Morgan fingerprint density at radius 1 is 1.38 bits per heavy atom. The van der Waals surface area contributed by atoms with Crippen LogP contribution in [0.3, 0.4) is 0 Å². The Hall–Kier alpha value is -2.00. The van der Waals surface area contributed by atoms with Gasteiger partial charge in [0.2, 0.25) is 0 Å². The lowest BCUT2D eigenvalue weighted by Gasteiger charge is -1.90.